The highest BCUT2D eigenvalue weighted by Gasteiger charge is 2.38. The first-order valence-electron chi connectivity index (χ1n) is 6.53. The number of halogens is 2. The predicted octanol–water partition coefficient (Wildman–Crippen LogP) is 2.51. The SMILES string of the molecule is O=C(c1ccco1)N1CC(O)CC1c1cc(F)ccc1F. The fraction of sp³-hybridized carbons (Fsp3) is 0.267. The standard InChI is InChI=1S/C15H13F2NO3/c16-9-3-4-12(17)11(6-9)13-7-10(19)8-18(13)15(20)14-2-1-5-21-14/h1-6,10,13,19H,7-8H2. The molecule has 3 rings (SSSR count). The molecule has 0 saturated carbocycles. The highest BCUT2D eigenvalue weighted by atomic mass is 19.1. The Morgan fingerprint density at radius 2 is 2.14 bits per heavy atom. The Balaban J connectivity index is 1.96. The van der Waals surface area contributed by atoms with E-state index in [0.717, 1.165) is 18.2 Å². The number of rotatable bonds is 2. The Labute approximate surface area is 119 Å². The van der Waals surface area contributed by atoms with Crippen molar-refractivity contribution in [3.63, 3.8) is 0 Å². The van der Waals surface area contributed by atoms with E-state index in [4.69, 9.17) is 4.42 Å². The first-order valence-corrected chi connectivity index (χ1v) is 6.53. The molecule has 1 aliphatic heterocycles. The monoisotopic (exact) mass is 293 g/mol. The average molecular weight is 293 g/mol. The number of furan rings is 1. The maximum absolute atomic E-state index is 13.9. The van der Waals surface area contributed by atoms with Crippen LogP contribution in [0.15, 0.2) is 41.0 Å². The molecule has 6 heteroatoms. The van der Waals surface area contributed by atoms with E-state index >= 15 is 0 Å². The molecule has 2 heterocycles. The van der Waals surface area contributed by atoms with Gasteiger partial charge in [0.15, 0.2) is 5.76 Å². The Hall–Kier alpha value is -2.21. The van der Waals surface area contributed by atoms with Gasteiger partial charge in [-0.2, -0.15) is 0 Å². The molecule has 0 radical (unpaired) electrons. The van der Waals surface area contributed by atoms with Crippen molar-refractivity contribution in [1.29, 1.82) is 0 Å². The third-order valence-electron chi connectivity index (χ3n) is 3.59. The minimum Gasteiger partial charge on any atom is -0.459 e. The van der Waals surface area contributed by atoms with E-state index < -0.39 is 29.7 Å². The van der Waals surface area contributed by atoms with E-state index in [0.29, 0.717) is 0 Å². The molecular formula is C15H13F2NO3. The summed E-state index contributed by atoms with van der Waals surface area (Å²) in [4.78, 5) is 13.6. The number of amides is 1. The molecule has 1 fully saturated rings. The van der Waals surface area contributed by atoms with Gasteiger partial charge in [0, 0.05) is 12.1 Å². The maximum atomic E-state index is 13.9. The van der Waals surface area contributed by atoms with Crippen molar-refractivity contribution < 1.29 is 23.1 Å². The average Bonchev–Trinajstić information content (AvgIpc) is 3.10. The highest BCUT2D eigenvalue weighted by Crippen LogP contribution is 2.35. The molecule has 1 aliphatic rings. The molecular weight excluding hydrogens is 280 g/mol. The number of carbonyl (C=O) groups is 1. The smallest absolute Gasteiger partial charge is 0.290 e. The fourth-order valence-corrected chi connectivity index (χ4v) is 2.64. The second-order valence-electron chi connectivity index (χ2n) is 5.01. The van der Waals surface area contributed by atoms with Gasteiger partial charge in [-0.15, -0.1) is 0 Å². The Morgan fingerprint density at radius 3 is 2.86 bits per heavy atom. The number of aliphatic hydroxyl groups excluding tert-OH is 1. The summed E-state index contributed by atoms with van der Waals surface area (Å²) in [6.45, 7) is 0.0557. The lowest BCUT2D eigenvalue weighted by Gasteiger charge is -2.24. The maximum Gasteiger partial charge on any atom is 0.290 e. The van der Waals surface area contributed by atoms with Gasteiger partial charge in [-0.25, -0.2) is 8.78 Å². The largest absolute Gasteiger partial charge is 0.459 e. The van der Waals surface area contributed by atoms with Crippen LogP contribution in [-0.2, 0) is 0 Å². The van der Waals surface area contributed by atoms with Gasteiger partial charge in [0.05, 0.1) is 18.4 Å². The molecule has 21 heavy (non-hydrogen) atoms. The molecule has 1 amide bonds. The summed E-state index contributed by atoms with van der Waals surface area (Å²) in [5.41, 5.74) is 0.0615. The molecule has 2 atom stereocenters. The molecule has 4 nitrogen and oxygen atoms in total. The van der Waals surface area contributed by atoms with Crippen LogP contribution in [0.1, 0.15) is 28.6 Å². The molecule has 1 N–H and O–H groups in total. The van der Waals surface area contributed by atoms with Crippen molar-refractivity contribution >= 4 is 5.91 Å². The van der Waals surface area contributed by atoms with Crippen LogP contribution >= 0.6 is 0 Å². The lowest BCUT2D eigenvalue weighted by Crippen LogP contribution is -2.31. The number of aliphatic hydroxyl groups is 1. The normalized spacial score (nSPS) is 21.8. The van der Waals surface area contributed by atoms with Crippen molar-refractivity contribution in [1.82, 2.24) is 4.90 Å². The van der Waals surface area contributed by atoms with Gasteiger partial charge >= 0.3 is 0 Å². The van der Waals surface area contributed by atoms with Crippen molar-refractivity contribution in [2.75, 3.05) is 6.54 Å². The first kappa shape index (κ1) is 13.8. The number of benzene rings is 1. The summed E-state index contributed by atoms with van der Waals surface area (Å²) in [5, 5.41) is 9.80. The topological polar surface area (TPSA) is 53.7 Å². The van der Waals surface area contributed by atoms with Crippen LogP contribution < -0.4 is 0 Å². The van der Waals surface area contributed by atoms with Crippen molar-refractivity contribution in [3.8, 4) is 0 Å². The molecule has 0 bridgehead atoms. The lowest BCUT2D eigenvalue weighted by molar-refractivity contribution is 0.0681. The van der Waals surface area contributed by atoms with Crippen molar-refractivity contribution in [2.45, 2.75) is 18.6 Å². The zero-order valence-electron chi connectivity index (χ0n) is 11.0. The Morgan fingerprint density at radius 1 is 1.33 bits per heavy atom. The second kappa shape index (κ2) is 5.29. The number of carbonyl (C=O) groups excluding carboxylic acids is 1. The van der Waals surface area contributed by atoms with E-state index in [1.807, 2.05) is 0 Å². The Kier molecular flexibility index (Phi) is 3.47. The minimum atomic E-state index is -0.781. The quantitative estimate of drug-likeness (QED) is 0.925. The summed E-state index contributed by atoms with van der Waals surface area (Å²) in [7, 11) is 0. The third-order valence-corrected chi connectivity index (χ3v) is 3.59. The molecule has 2 aromatic rings. The van der Waals surface area contributed by atoms with E-state index in [1.54, 1.807) is 6.07 Å². The van der Waals surface area contributed by atoms with Gasteiger partial charge in [-0.05, 0) is 36.8 Å². The van der Waals surface area contributed by atoms with Gasteiger partial charge in [-0.3, -0.25) is 4.79 Å². The lowest BCUT2D eigenvalue weighted by atomic mass is 10.0. The predicted molar refractivity (Wildman–Crippen MR) is 69.5 cm³/mol. The number of nitrogens with zero attached hydrogens (tertiary/aromatic N) is 1. The minimum absolute atomic E-state index is 0.0557. The summed E-state index contributed by atoms with van der Waals surface area (Å²) in [6.07, 6.45) is 0.737. The van der Waals surface area contributed by atoms with Crippen LogP contribution in [-0.4, -0.2) is 28.6 Å². The summed E-state index contributed by atoms with van der Waals surface area (Å²) < 4.78 is 32.3. The van der Waals surface area contributed by atoms with Crippen LogP contribution in [0.4, 0.5) is 8.78 Å². The summed E-state index contributed by atoms with van der Waals surface area (Å²) in [5.74, 6) is -1.54. The summed E-state index contributed by atoms with van der Waals surface area (Å²) >= 11 is 0. The number of hydrogen-bond donors (Lipinski definition) is 1. The number of hydrogen-bond acceptors (Lipinski definition) is 3. The molecule has 0 aliphatic carbocycles. The summed E-state index contributed by atoms with van der Waals surface area (Å²) in [6, 6.07) is 5.44. The van der Waals surface area contributed by atoms with Crippen molar-refractivity contribution in [2.24, 2.45) is 0 Å². The molecule has 1 aromatic heterocycles. The van der Waals surface area contributed by atoms with Crippen molar-refractivity contribution in [3.05, 3.63) is 59.6 Å². The van der Waals surface area contributed by atoms with Gasteiger partial charge in [0.1, 0.15) is 11.6 Å². The molecule has 110 valence electrons. The van der Waals surface area contributed by atoms with Crippen LogP contribution in [0.3, 0.4) is 0 Å². The van der Waals surface area contributed by atoms with E-state index in [1.165, 1.54) is 17.2 Å². The zero-order chi connectivity index (χ0) is 15.0. The van der Waals surface area contributed by atoms with Gasteiger partial charge in [-0.1, -0.05) is 0 Å². The Bertz CT molecular complexity index is 657. The number of β-amino-alcohol motifs (C(OH)–C–C–N with tert-alkyl or cyclic N) is 1. The highest BCUT2D eigenvalue weighted by molar-refractivity contribution is 5.92. The molecule has 2 unspecified atom stereocenters. The molecule has 1 saturated heterocycles. The zero-order valence-corrected chi connectivity index (χ0v) is 11.0. The number of likely N-dealkylation sites (tertiary alicyclic amines) is 1. The van der Waals surface area contributed by atoms with Gasteiger partial charge in [0.25, 0.3) is 5.91 Å². The third kappa shape index (κ3) is 2.54. The van der Waals surface area contributed by atoms with Crippen LogP contribution in [0, 0.1) is 11.6 Å². The van der Waals surface area contributed by atoms with Crippen LogP contribution in [0.25, 0.3) is 0 Å². The van der Waals surface area contributed by atoms with E-state index in [9.17, 15) is 18.7 Å². The van der Waals surface area contributed by atoms with E-state index in [2.05, 4.69) is 0 Å². The van der Waals surface area contributed by atoms with Gasteiger partial charge < -0.3 is 14.4 Å². The van der Waals surface area contributed by atoms with Crippen LogP contribution in [0.2, 0.25) is 0 Å². The second-order valence-corrected chi connectivity index (χ2v) is 5.01. The fourth-order valence-electron chi connectivity index (χ4n) is 2.64. The van der Waals surface area contributed by atoms with E-state index in [-0.39, 0.29) is 24.3 Å². The molecule has 1 aromatic carbocycles. The first-order chi connectivity index (χ1) is 10.1. The van der Waals surface area contributed by atoms with Crippen LogP contribution in [0.5, 0.6) is 0 Å². The molecule has 0 spiro atoms. The van der Waals surface area contributed by atoms with Gasteiger partial charge in [0.2, 0.25) is 0 Å².